The summed E-state index contributed by atoms with van der Waals surface area (Å²) in [6.45, 7) is 8.92. The van der Waals surface area contributed by atoms with Gasteiger partial charge in [-0.05, 0) is 30.0 Å². The second-order valence-corrected chi connectivity index (χ2v) is 7.63. The van der Waals surface area contributed by atoms with Crippen LogP contribution < -0.4 is 9.47 Å². The maximum Gasteiger partial charge on any atom is 0.147 e. The van der Waals surface area contributed by atoms with E-state index in [0.29, 0.717) is 29.3 Å². The molecular formula is C21H27N3O3. The van der Waals surface area contributed by atoms with Crippen LogP contribution in [0.15, 0.2) is 30.3 Å². The first-order valence-corrected chi connectivity index (χ1v) is 9.25. The molecule has 0 radical (unpaired) electrons. The number of phenols is 1. The van der Waals surface area contributed by atoms with Crippen LogP contribution in [0.4, 0.5) is 0 Å². The highest BCUT2D eigenvalue weighted by Gasteiger charge is 2.23. The molecule has 144 valence electrons. The molecule has 0 unspecified atom stereocenters. The minimum atomic E-state index is -0.251. The molecule has 2 aromatic carbocycles. The zero-order valence-corrected chi connectivity index (χ0v) is 16.6. The highest BCUT2D eigenvalue weighted by Crippen LogP contribution is 2.38. The van der Waals surface area contributed by atoms with Gasteiger partial charge in [0.1, 0.15) is 34.0 Å². The second kappa shape index (κ2) is 7.47. The molecule has 1 heterocycles. The highest BCUT2D eigenvalue weighted by molar-refractivity contribution is 5.76. The van der Waals surface area contributed by atoms with Crippen molar-refractivity contribution in [1.82, 2.24) is 15.0 Å². The van der Waals surface area contributed by atoms with Crippen LogP contribution in [-0.2, 0) is 5.41 Å². The molecule has 0 atom stereocenters. The third-order valence-corrected chi connectivity index (χ3v) is 4.44. The summed E-state index contributed by atoms with van der Waals surface area (Å²) in [7, 11) is 1.62. The van der Waals surface area contributed by atoms with Crippen LogP contribution in [-0.4, -0.2) is 33.8 Å². The van der Waals surface area contributed by atoms with E-state index in [9.17, 15) is 5.11 Å². The van der Waals surface area contributed by atoms with Crippen LogP contribution in [0.25, 0.3) is 16.7 Å². The molecular weight excluding hydrogens is 342 g/mol. The number of phenolic OH excluding ortho intramolecular Hbond substituents is 1. The minimum Gasteiger partial charge on any atom is -0.505 e. The zero-order valence-electron chi connectivity index (χ0n) is 16.6. The summed E-state index contributed by atoms with van der Waals surface area (Å²) < 4.78 is 11.2. The van der Waals surface area contributed by atoms with Crippen molar-refractivity contribution in [2.75, 3.05) is 13.7 Å². The van der Waals surface area contributed by atoms with Gasteiger partial charge in [-0.1, -0.05) is 34.1 Å². The first-order chi connectivity index (χ1) is 12.8. The van der Waals surface area contributed by atoms with Crippen molar-refractivity contribution in [1.29, 1.82) is 0 Å². The summed E-state index contributed by atoms with van der Waals surface area (Å²) in [4.78, 5) is 1.46. The fraction of sp³-hybridized carbons (Fsp3) is 0.429. The van der Waals surface area contributed by atoms with Crippen LogP contribution in [0, 0.1) is 0 Å². The summed E-state index contributed by atoms with van der Waals surface area (Å²) in [5, 5.41) is 20.0. The number of hydrogen-bond acceptors (Lipinski definition) is 5. The lowest BCUT2D eigenvalue weighted by molar-refractivity contribution is 0.307. The Hall–Kier alpha value is -2.76. The van der Waals surface area contributed by atoms with Crippen molar-refractivity contribution in [3.05, 3.63) is 35.9 Å². The Morgan fingerprint density at radius 2 is 1.78 bits per heavy atom. The Morgan fingerprint density at radius 1 is 1.04 bits per heavy atom. The van der Waals surface area contributed by atoms with Gasteiger partial charge in [-0.25, -0.2) is 0 Å². The van der Waals surface area contributed by atoms with E-state index >= 15 is 0 Å². The third kappa shape index (κ3) is 3.99. The Morgan fingerprint density at radius 3 is 2.44 bits per heavy atom. The Kier molecular flexibility index (Phi) is 5.26. The summed E-state index contributed by atoms with van der Waals surface area (Å²) in [5.41, 5.74) is 2.47. The largest absolute Gasteiger partial charge is 0.505 e. The Bertz CT molecular complexity index is 942. The van der Waals surface area contributed by atoms with Gasteiger partial charge in [0, 0.05) is 17.7 Å². The maximum absolute atomic E-state index is 10.9. The number of aromatic nitrogens is 3. The molecule has 0 aliphatic heterocycles. The molecule has 0 saturated heterocycles. The van der Waals surface area contributed by atoms with Gasteiger partial charge >= 0.3 is 0 Å². The molecule has 3 aromatic rings. The van der Waals surface area contributed by atoms with Gasteiger partial charge in [0.2, 0.25) is 0 Å². The lowest BCUT2D eigenvalue weighted by atomic mass is 9.86. The molecule has 1 N–H and O–H groups in total. The van der Waals surface area contributed by atoms with E-state index in [1.165, 1.54) is 4.80 Å². The molecule has 3 rings (SSSR count). The quantitative estimate of drug-likeness (QED) is 0.643. The van der Waals surface area contributed by atoms with Crippen LogP contribution in [0.3, 0.4) is 0 Å². The molecule has 0 saturated carbocycles. The number of unbranched alkanes of at least 4 members (excludes halogenated alkanes) is 1. The first-order valence-electron chi connectivity index (χ1n) is 9.25. The number of methoxy groups -OCH3 is 1. The number of hydrogen-bond donors (Lipinski definition) is 1. The minimum absolute atomic E-state index is 0.164. The van der Waals surface area contributed by atoms with Gasteiger partial charge in [0.05, 0.1) is 13.7 Å². The average molecular weight is 369 g/mol. The van der Waals surface area contributed by atoms with E-state index in [1.54, 1.807) is 13.2 Å². The second-order valence-electron chi connectivity index (χ2n) is 7.63. The van der Waals surface area contributed by atoms with Crippen molar-refractivity contribution in [3.8, 4) is 22.9 Å². The Balaban J connectivity index is 2.11. The number of nitrogens with zero attached hydrogens (tertiary/aromatic N) is 3. The molecule has 6 nitrogen and oxygen atoms in total. The summed E-state index contributed by atoms with van der Waals surface area (Å²) in [5.74, 6) is 1.59. The molecule has 1 aromatic heterocycles. The molecule has 27 heavy (non-hydrogen) atoms. The lowest BCUT2D eigenvalue weighted by Gasteiger charge is -2.23. The van der Waals surface area contributed by atoms with Crippen LogP contribution in [0.5, 0.6) is 17.2 Å². The van der Waals surface area contributed by atoms with E-state index < -0.39 is 0 Å². The number of benzene rings is 2. The SMILES string of the molecule is CCCCOc1cc(-n2nc3ccc(OC)cc3n2)c(O)c(C(C)(C)C)c1. The van der Waals surface area contributed by atoms with E-state index in [1.807, 2.05) is 24.3 Å². The van der Waals surface area contributed by atoms with Gasteiger partial charge in [-0.3, -0.25) is 0 Å². The molecule has 0 fully saturated rings. The molecule has 0 spiro atoms. The fourth-order valence-electron chi connectivity index (χ4n) is 2.86. The van der Waals surface area contributed by atoms with E-state index in [-0.39, 0.29) is 11.2 Å². The van der Waals surface area contributed by atoms with Crippen molar-refractivity contribution in [2.45, 2.75) is 46.0 Å². The van der Waals surface area contributed by atoms with Crippen LogP contribution >= 0.6 is 0 Å². The predicted molar refractivity (Wildman–Crippen MR) is 106 cm³/mol. The monoisotopic (exact) mass is 369 g/mol. The van der Waals surface area contributed by atoms with Crippen molar-refractivity contribution in [3.63, 3.8) is 0 Å². The zero-order chi connectivity index (χ0) is 19.6. The van der Waals surface area contributed by atoms with E-state index in [4.69, 9.17) is 9.47 Å². The molecule has 0 aliphatic carbocycles. The van der Waals surface area contributed by atoms with Crippen molar-refractivity contribution >= 4 is 11.0 Å². The van der Waals surface area contributed by atoms with E-state index in [2.05, 4.69) is 37.9 Å². The molecule has 0 amide bonds. The number of fused-ring (bicyclic) bond motifs is 1. The van der Waals surface area contributed by atoms with Gasteiger partial charge in [-0.2, -0.15) is 0 Å². The standard InChI is InChI=1S/C21H27N3O3/c1-6-7-10-27-15-11-16(21(2,3)4)20(25)19(13-15)24-22-17-9-8-14(26-5)12-18(17)23-24/h8-9,11-13,25H,6-7,10H2,1-5H3. The topological polar surface area (TPSA) is 69.4 Å². The highest BCUT2D eigenvalue weighted by atomic mass is 16.5. The van der Waals surface area contributed by atoms with Gasteiger partial charge in [-0.15, -0.1) is 15.0 Å². The summed E-state index contributed by atoms with van der Waals surface area (Å²) >= 11 is 0. The number of ether oxygens (including phenoxy) is 2. The van der Waals surface area contributed by atoms with Gasteiger partial charge in [0.15, 0.2) is 0 Å². The number of aromatic hydroxyl groups is 1. The van der Waals surface area contributed by atoms with Gasteiger partial charge < -0.3 is 14.6 Å². The fourth-order valence-corrected chi connectivity index (χ4v) is 2.86. The molecule has 0 bridgehead atoms. The van der Waals surface area contributed by atoms with Crippen LogP contribution in [0.2, 0.25) is 0 Å². The predicted octanol–water partition coefficient (Wildman–Crippen LogP) is 4.61. The summed E-state index contributed by atoms with van der Waals surface area (Å²) in [6, 6.07) is 9.20. The Labute approximate surface area is 159 Å². The maximum atomic E-state index is 10.9. The summed E-state index contributed by atoms with van der Waals surface area (Å²) in [6.07, 6.45) is 2.04. The first kappa shape index (κ1) is 19.0. The van der Waals surface area contributed by atoms with Crippen molar-refractivity contribution < 1.29 is 14.6 Å². The third-order valence-electron chi connectivity index (χ3n) is 4.44. The smallest absolute Gasteiger partial charge is 0.147 e. The van der Waals surface area contributed by atoms with Crippen LogP contribution in [0.1, 0.15) is 46.1 Å². The molecule has 0 aliphatic rings. The van der Waals surface area contributed by atoms with E-state index in [0.717, 1.165) is 23.9 Å². The van der Waals surface area contributed by atoms with Gasteiger partial charge in [0.25, 0.3) is 0 Å². The average Bonchev–Trinajstić information content (AvgIpc) is 3.04. The normalized spacial score (nSPS) is 11.7. The molecule has 6 heteroatoms. The number of rotatable bonds is 6. The van der Waals surface area contributed by atoms with Crippen molar-refractivity contribution in [2.24, 2.45) is 0 Å². The lowest BCUT2D eigenvalue weighted by Crippen LogP contribution is -2.14.